The van der Waals surface area contributed by atoms with Gasteiger partial charge in [-0.15, -0.1) is 0 Å². The highest BCUT2D eigenvalue weighted by Gasteiger charge is 2.43. The topological polar surface area (TPSA) is 76.1 Å². The Bertz CT molecular complexity index is 682. The van der Waals surface area contributed by atoms with Crippen molar-refractivity contribution >= 4 is 12.1 Å². The molecular weight excluding hydrogens is 310 g/mol. The lowest BCUT2D eigenvalue weighted by Gasteiger charge is -2.31. The Balaban J connectivity index is 1.76. The molecule has 1 aromatic rings. The van der Waals surface area contributed by atoms with Crippen molar-refractivity contribution in [2.75, 3.05) is 7.11 Å². The van der Waals surface area contributed by atoms with Gasteiger partial charge < -0.3 is 14.6 Å². The molecule has 1 aliphatic heterocycles. The molecule has 1 amide bonds. The molecule has 1 heterocycles. The van der Waals surface area contributed by atoms with E-state index < -0.39 is 30.3 Å². The van der Waals surface area contributed by atoms with E-state index in [1.807, 2.05) is 30.3 Å². The largest absolute Gasteiger partial charge is 0.467 e. The molecule has 0 aromatic heterocycles. The molecule has 0 saturated carbocycles. The first-order valence-corrected chi connectivity index (χ1v) is 7.75. The van der Waals surface area contributed by atoms with Gasteiger partial charge in [0, 0.05) is 6.42 Å². The Morgan fingerprint density at radius 3 is 2.75 bits per heavy atom. The molecule has 6 nitrogen and oxygen atoms in total. The van der Waals surface area contributed by atoms with E-state index in [4.69, 9.17) is 9.47 Å². The first kappa shape index (κ1) is 16.3. The van der Waals surface area contributed by atoms with Crippen LogP contribution in [0.15, 0.2) is 54.1 Å². The number of carbonyl (C=O) groups is 2. The Morgan fingerprint density at radius 1 is 1.29 bits per heavy atom. The van der Waals surface area contributed by atoms with Crippen LogP contribution in [0.5, 0.6) is 0 Å². The average molecular weight is 329 g/mol. The Hall–Kier alpha value is -2.60. The number of esters is 1. The van der Waals surface area contributed by atoms with Gasteiger partial charge in [-0.05, 0) is 17.2 Å². The molecule has 0 saturated heterocycles. The smallest absolute Gasteiger partial charge is 0.411 e. The molecular formula is C18H19NO5. The van der Waals surface area contributed by atoms with Gasteiger partial charge in [0.25, 0.3) is 0 Å². The van der Waals surface area contributed by atoms with Gasteiger partial charge in [0.15, 0.2) is 6.04 Å². The number of methoxy groups -OCH3 is 1. The van der Waals surface area contributed by atoms with Crippen LogP contribution in [0.25, 0.3) is 0 Å². The van der Waals surface area contributed by atoms with E-state index in [0.29, 0.717) is 6.42 Å². The lowest BCUT2D eigenvalue weighted by Crippen LogP contribution is -2.48. The van der Waals surface area contributed by atoms with Crippen molar-refractivity contribution in [3.63, 3.8) is 0 Å². The summed E-state index contributed by atoms with van der Waals surface area (Å²) in [4.78, 5) is 25.9. The van der Waals surface area contributed by atoms with Crippen LogP contribution in [0.3, 0.4) is 0 Å². The summed E-state index contributed by atoms with van der Waals surface area (Å²) in [6.07, 6.45) is 4.13. The van der Waals surface area contributed by atoms with Crippen LogP contribution in [0.4, 0.5) is 4.79 Å². The summed E-state index contributed by atoms with van der Waals surface area (Å²) < 4.78 is 10.2. The number of aliphatic hydroxyl groups is 1. The Morgan fingerprint density at radius 2 is 2.04 bits per heavy atom. The van der Waals surface area contributed by atoms with Gasteiger partial charge >= 0.3 is 12.1 Å². The fourth-order valence-electron chi connectivity index (χ4n) is 3.01. The number of hydrogen-bond donors (Lipinski definition) is 1. The van der Waals surface area contributed by atoms with E-state index in [1.165, 1.54) is 12.0 Å². The molecule has 6 heteroatoms. The quantitative estimate of drug-likeness (QED) is 0.856. The normalized spacial score (nSPS) is 25.0. The molecule has 3 atom stereocenters. The zero-order valence-corrected chi connectivity index (χ0v) is 13.3. The van der Waals surface area contributed by atoms with Crippen molar-refractivity contribution in [2.24, 2.45) is 0 Å². The third-order valence-corrected chi connectivity index (χ3v) is 4.20. The second-order valence-corrected chi connectivity index (χ2v) is 5.76. The molecule has 0 unspecified atom stereocenters. The predicted molar refractivity (Wildman–Crippen MR) is 85.9 cm³/mol. The lowest BCUT2D eigenvalue weighted by molar-refractivity contribution is -0.144. The Labute approximate surface area is 140 Å². The third kappa shape index (κ3) is 3.19. The maximum atomic E-state index is 12.6. The van der Waals surface area contributed by atoms with E-state index in [9.17, 15) is 14.7 Å². The minimum atomic E-state index is -0.840. The number of benzene rings is 1. The molecule has 0 fully saturated rings. The minimum Gasteiger partial charge on any atom is -0.467 e. The van der Waals surface area contributed by atoms with E-state index in [1.54, 1.807) is 18.2 Å². The van der Waals surface area contributed by atoms with Crippen molar-refractivity contribution in [3.05, 3.63) is 59.7 Å². The number of nitrogens with zero attached hydrogens (tertiary/aromatic N) is 1. The van der Waals surface area contributed by atoms with E-state index in [0.717, 1.165) is 11.1 Å². The van der Waals surface area contributed by atoms with Gasteiger partial charge in [-0.3, -0.25) is 4.90 Å². The van der Waals surface area contributed by atoms with Crippen molar-refractivity contribution in [1.82, 2.24) is 4.90 Å². The second-order valence-electron chi connectivity index (χ2n) is 5.76. The number of fused-ring (bicyclic) bond motifs is 1. The van der Waals surface area contributed by atoms with Crippen LogP contribution < -0.4 is 0 Å². The monoisotopic (exact) mass is 329 g/mol. The van der Waals surface area contributed by atoms with Crippen molar-refractivity contribution in [1.29, 1.82) is 0 Å². The van der Waals surface area contributed by atoms with Gasteiger partial charge in [-0.25, -0.2) is 9.59 Å². The fourth-order valence-corrected chi connectivity index (χ4v) is 3.01. The SMILES string of the molecule is COC(=O)[C@@H]1C=C2C=C[C@@H](O)C[C@H]2N1C(=O)OCc1ccccc1. The fraction of sp³-hybridized carbons (Fsp3) is 0.333. The highest BCUT2D eigenvalue weighted by molar-refractivity contribution is 5.85. The molecule has 1 aromatic carbocycles. The summed E-state index contributed by atoms with van der Waals surface area (Å²) in [5, 5.41) is 9.84. The maximum absolute atomic E-state index is 12.6. The molecule has 3 rings (SSSR count). The highest BCUT2D eigenvalue weighted by atomic mass is 16.6. The van der Waals surface area contributed by atoms with Crippen LogP contribution in [0, 0.1) is 0 Å². The minimum absolute atomic E-state index is 0.116. The summed E-state index contributed by atoms with van der Waals surface area (Å²) in [6.45, 7) is 0.116. The van der Waals surface area contributed by atoms with Crippen LogP contribution >= 0.6 is 0 Å². The summed E-state index contributed by atoms with van der Waals surface area (Å²) >= 11 is 0. The van der Waals surface area contributed by atoms with Gasteiger partial charge in [0.1, 0.15) is 6.61 Å². The van der Waals surface area contributed by atoms with Crippen LogP contribution in [0.1, 0.15) is 12.0 Å². The molecule has 0 bridgehead atoms. The Kier molecular flexibility index (Phi) is 4.66. The van der Waals surface area contributed by atoms with Crippen molar-refractivity contribution in [3.8, 4) is 0 Å². The number of aliphatic hydroxyl groups excluding tert-OH is 1. The first-order valence-electron chi connectivity index (χ1n) is 7.75. The number of carbonyl (C=O) groups excluding carboxylic acids is 2. The lowest BCUT2D eigenvalue weighted by atomic mass is 9.96. The molecule has 24 heavy (non-hydrogen) atoms. The van der Waals surface area contributed by atoms with E-state index >= 15 is 0 Å². The molecule has 1 N–H and O–H groups in total. The van der Waals surface area contributed by atoms with Crippen LogP contribution in [0.2, 0.25) is 0 Å². The number of ether oxygens (including phenoxy) is 2. The van der Waals surface area contributed by atoms with Crippen LogP contribution in [-0.2, 0) is 20.9 Å². The third-order valence-electron chi connectivity index (χ3n) is 4.20. The zero-order valence-electron chi connectivity index (χ0n) is 13.3. The molecule has 1 aliphatic carbocycles. The molecule has 2 aliphatic rings. The zero-order chi connectivity index (χ0) is 17.1. The molecule has 0 radical (unpaired) electrons. The maximum Gasteiger partial charge on any atom is 0.411 e. The average Bonchev–Trinajstić information content (AvgIpc) is 2.98. The number of hydrogen-bond acceptors (Lipinski definition) is 5. The summed E-state index contributed by atoms with van der Waals surface area (Å²) in [5.41, 5.74) is 1.67. The summed E-state index contributed by atoms with van der Waals surface area (Å²) in [5.74, 6) is -0.531. The van der Waals surface area contributed by atoms with E-state index in [2.05, 4.69) is 0 Å². The standard InChI is InChI=1S/C18H19NO5/c1-23-17(21)16-9-13-7-8-14(20)10-15(13)19(16)18(22)24-11-12-5-3-2-4-6-12/h2-9,14-16,20H,10-11H2,1H3/t14-,15-,16+/m1/s1. The van der Waals surface area contributed by atoms with Gasteiger partial charge in [0.05, 0.1) is 19.3 Å². The number of amides is 1. The molecule has 0 spiro atoms. The highest BCUT2D eigenvalue weighted by Crippen LogP contribution is 2.32. The van der Waals surface area contributed by atoms with Crippen LogP contribution in [-0.4, -0.2) is 47.4 Å². The predicted octanol–water partition coefficient (Wildman–Crippen LogP) is 1.80. The second kappa shape index (κ2) is 6.88. The first-order chi connectivity index (χ1) is 11.6. The summed E-state index contributed by atoms with van der Waals surface area (Å²) in [7, 11) is 1.28. The number of rotatable bonds is 3. The summed E-state index contributed by atoms with van der Waals surface area (Å²) in [6, 6.07) is 8.07. The van der Waals surface area contributed by atoms with E-state index in [-0.39, 0.29) is 6.61 Å². The van der Waals surface area contributed by atoms with Crippen molar-refractivity contribution in [2.45, 2.75) is 31.2 Å². The van der Waals surface area contributed by atoms with Gasteiger partial charge in [-0.1, -0.05) is 42.5 Å². The van der Waals surface area contributed by atoms with Crippen molar-refractivity contribution < 1.29 is 24.2 Å². The van der Waals surface area contributed by atoms with Gasteiger partial charge in [0.2, 0.25) is 0 Å². The molecule has 126 valence electrons. The van der Waals surface area contributed by atoms with Gasteiger partial charge in [-0.2, -0.15) is 0 Å².